The van der Waals surface area contributed by atoms with E-state index in [0.717, 1.165) is 24.0 Å². The van der Waals surface area contributed by atoms with E-state index in [4.69, 9.17) is 4.74 Å². The maximum absolute atomic E-state index is 10.0. The summed E-state index contributed by atoms with van der Waals surface area (Å²) in [5, 5.41) is 10.0. The molecule has 1 N–H and O–H groups in total. The van der Waals surface area contributed by atoms with Crippen molar-refractivity contribution in [3.05, 3.63) is 28.3 Å². The van der Waals surface area contributed by atoms with Crippen molar-refractivity contribution in [2.75, 3.05) is 0 Å². The normalized spacial score (nSPS) is 20.1. The van der Waals surface area contributed by atoms with Crippen molar-refractivity contribution in [3.8, 4) is 5.75 Å². The molecular formula is C13H18O2. The van der Waals surface area contributed by atoms with Gasteiger partial charge in [0.15, 0.2) is 0 Å². The van der Waals surface area contributed by atoms with Gasteiger partial charge in [-0.1, -0.05) is 13.0 Å². The molecule has 0 radical (unpaired) electrons. The lowest BCUT2D eigenvalue weighted by atomic mass is 9.92. The summed E-state index contributed by atoms with van der Waals surface area (Å²) in [6.45, 7) is 6.69. The van der Waals surface area contributed by atoms with Crippen molar-refractivity contribution in [2.45, 2.75) is 46.3 Å². The van der Waals surface area contributed by atoms with Crippen molar-refractivity contribution in [1.82, 2.24) is 0 Å². The Balaban J connectivity index is 2.44. The third-order valence-corrected chi connectivity index (χ3v) is 3.38. The van der Waals surface area contributed by atoms with E-state index in [1.54, 1.807) is 0 Å². The van der Waals surface area contributed by atoms with Gasteiger partial charge in [-0.15, -0.1) is 0 Å². The number of hydrogen-bond acceptors (Lipinski definition) is 2. The van der Waals surface area contributed by atoms with Crippen molar-refractivity contribution in [3.63, 3.8) is 0 Å². The van der Waals surface area contributed by atoms with E-state index in [1.165, 1.54) is 11.1 Å². The molecule has 2 nitrogen and oxygen atoms in total. The fourth-order valence-electron chi connectivity index (χ4n) is 2.13. The number of benzene rings is 1. The summed E-state index contributed by atoms with van der Waals surface area (Å²) in [5.41, 5.74) is 4.40. The monoisotopic (exact) mass is 206 g/mol. The van der Waals surface area contributed by atoms with Crippen LogP contribution in [0.2, 0.25) is 0 Å². The Labute approximate surface area is 90.9 Å². The van der Waals surface area contributed by atoms with Gasteiger partial charge >= 0.3 is 0 Å². The number of ether oxygens (including phenoxy) is 1. The summed E-state index contributed by atoms with van der Waals surface area (Å²) in [6.07, 6.45) is 2.28. The van der Waals surface area contributed by atoms with E-state index in [0.29, 0.717) is 18.5 Å². The molecule has 0 amide bonds. The summed E-state index contributed by atoms with van der Waals surface area (Å²) in [5.74, 6) is 0.430. The molecule has 0 bridgehead atoms. The average molecular weight is 206 g/mol. The highest BCUT2D eigenvalue weighted by atomic mass is 16.5. The first kappa shape index (κ1) is 10.5. The molecule has 0 saturated heterocycles. The van der Waals surface area contributed by atoms with E-state index in [1.807, 2.05) is 13.8 Å². The fourth-order valence-corrected chi connectivity index (χ4v) is 2.13. The summed E-state index contributed by atoms with van der Waals surface area (Å²) in [4.78, 5) is 0. The molecule has 1 aromatic carbocycles. The Kier molecular flexibility index (Phi) is 2.70. The standard InChI is InChI=1S/C13H18O2/c1-4-11-6-10-5-8(2)9(3)13(14)12(10)7-15-11/h5,11,14H,4,6-7H2,1-3H3. The van der Waals surface area contributed by atoms with Gasteiger partial charge < -0.3 is 9.84 Å². The lowest BCUT2D eigenvalue weighted by Crippen LogP contribution is -2.22. The summed E-state index contributed by atoms with van der Waals surface area (Å²) in [6, 6.07) is 2.19. The Morgan fingerprint density at radius 2 is 2.20 bits per heavy atom. The lowest BCUT2D eigenvalue weighted by molar-refractivity contribution is 0.0250. The Hall–Kier alpha value is -1.02. The van der Waals surface area contributed by atoms with Crippen LogP contribution in [0.1, 0.15) is 35.6 Å². The molecule has 1 unspecified atom stereocenters. The zero-order valence-corrected chi connectivity index (χ0v) is 9.63. The van der Waals surface area contributed by atoms with Crippen LogP contribution in [0.25, 0.3) is 0 Å². The number of fused-ring (bicyclic) bond motifs is 1. The predicted molar refractivity (Wildman–Crippen MR) is 60.2 cm³/mol. The fraction of sp³-hybridized carbons (Fsp3) is 0.538. The van der Waals surface area contributed by atoms with Crippen LogP contribution in [0.15, 0.2) is 6.07 Å². The van der Waals surface area contributed by atoms with Gasteiger partial charge in [0.05, 0.1) is 12.7 Å². The zero-order valence-electron chi connectivity index (χ0n) is 9.63. The zero-order chi connectivity index (χ0) is 11.0. The van der Waals surface area contributed by atoms with Crippen LogP contribution >= 0.6 is 0 Å². The SMILES string of the molecule is CCC1Cc2cc(C)c(C)c(O)c2CO1. The molecule has 0 aliphatic carbocycles. The molecule has 1 aromatic rings. The van der Waals surface area contributed by atoms with Crippen LogP contribution in [-0.4, -0.2) is 11.2 Å². The van der Waals surface area contributed by atoms with Crippen LogP contribution in [0.5, 0.6) is 5.75 Å². The third kappa shape index (κ3) is 1.74. The highest BCUT2D eigenvalue weighted by Crippen LogP contribution is 2.33. The molecule has 1 atom stereocenters. The molecule has 0 fully saturated rings. The van der Waals surface area contributed by atoms with Gasteiger partial charge in [0.2, 0.25) is 0 Å². The van der Waals surface area contributed by atoms with Gasteiger partial charge in [-0.3, -0.25) is 0 Å². The van der Waals surface area contributed by atoms with Crippen LogP contribution in [-0.2, 0) is 17.8 Å². The number of phenols is 1. The van der Waals surface area contributed by atoms with Crippen molar-refractivity contribution in [2.24, 2.45) is 0 Å². The summed E-state index contributed by atoms with van der Waals surface area (Å²) in [7, 11) is 0. The van der Waals surface area contributed by atoms with Gasteiger partial charge in [0, 0.05) is 5.56 Å². The van der Waals surface area contributed by atoms with Crippen molar-refractivity contribution in [1.29, 1.82) is 0 Å². The molecule has 1 aliphatic rings. The number of aryl methyl sites for hydroxylation is 1. The number of hydrogen-bond donors (Lipinski definition) is 1. The molecule has 0 spiro atoms. The molecule has 0 saturated carbocycles. The van der Waals surface area contributed by atoms with Crippen LogP contribution in [0.4, 0.5) is 0 Å². The van der Waals surface area contributed by atoms with Gasteiger partial charge in [-0.25, -0.2) is 0 Å². The van der Waals surface area contributed by atoms with Crippen LogP contribution in [0.3, 0.4) is 0 Å². The molecule has 15 heavy (non-hydrogen) atoms. The number of rotatable bonds is 1. The highest BCUT2D eigenvalue weighted by Gasteiger charge is 2.21. The smallest absolute Gasteiger partial charge is 0.124 e. The van der Waals surface area contributed by atoms with Gasteiger partial charge in [0.1, 0.15) is 5.75 Å². The largest absolute Gasteiger partial charge is 0.507 e. The number of aromatic hydroxyl groups is 1. The van der Waals surface area contributed by atoms with Crippen molar-refractivity contribution < 1.29 is 9.84 Å². The highest BCUT2D eigenvalue weighted by molar-refractivity contribution is 5.49. The molecule has 1 heterocycles. The molecule has 2 rings (SSSR count). The maximum Gasteiger partial charge on any atom is 0.124 e. The quantitative estimate of drug-likeness (QED) is 0.765. The van der Waals surface area contributed by atoms with Gasteiger partial charge in [-0.2, -0.15) is 0 Å². The molecule has 2 heteroatoms. The average Bonchev–Trinajstić information content (AvgIpc) is 2.25. The van der Waals surface area contributed by atoms with Crippen LogP contribution < -0.4 is 0 Å². The first-order valence-electron chi connectivity index (χ1n) is 5.56. The van der Waals surface area contributed by atoms with E-state index in [2.05, 4.69) is 13.0 Å². The maximum atomic E-state index is 10.0. The van der Waals surface area contributed by atoms with Gasteiger partial charge in [-0.05, 0) is 43.4 Å². The Morgan fingerprint density at radius 3 is 2.87 bits per heavy atom. The van der Waals surface area contributed by atoms with E-state index in [-0.39, 0.29) is 0 Å². The molecular weight excluding hydrogens is 188 g/mol. The summed E-state index contributed by atoms with van der Waals surface area (Å²) < 4.78 is 5.67. The second-order valence-corrected chi connectivity index (χ2v) is 4.35. The minimum absolute atomic E-state index is 0.319. The minimum atomic E-state index is 0.319. The Morgan fingerprint density at radius 1 is 1.47 bits per heavy atom. The lowest BCUT2D eigenvalue weighted by Gasteiger charge is -2.26. The van der Waals surface area contributed by atoms with E-state index < -0.39 is 0 Å². The molecule has 0 aromatic heterocycles. The minimum Gasteiger partial charge on any atom is -0.507 e. The molecule has 1 aliphatic heterocycles. The van der Waals surface area contributed by atoms with Gasteiger partial charge in [0.25, 0.3) is 0 Å². The number of phenolic OH excluding ortho intramolecular Hbond substituents is 1. The topological polar surface area (TPSA) is 29.5 Å². The second kappa shape index (κ2) is 3.86. The first-order valence-corrected chi connectivity index (χ1v) is 5.56. The second-order valence-electron chi connectivity index (χ2n) is 4.35. The molecule has 82 valence electrons. The summed E-state index contributed by atoms with van der Waals surface area (Å²) >= 11 is 0. The van der Waals surface area contributed by atoms with E-state index in [9.17, 15) is 5.11 Å². The van der Waals surface area contributed by atoms with E-state index >= 15 is 0 Å². The predicted octanol–water partition coefficient (Wildman–Crippen LogP) is 2.86. The first-order chi connectivity index (χ1) is 7.13. The third-order valence-electron chi connectivity index (χ3n) is 3.38. The van der Waals surface area contributed by atoms with Crippen LogP contribution in [0, 0.1) is 13.8 Å². The van der Waals surface area contributed by atoms with Crippen molar-refractivity contribution >= 4 is 0 Å². The Bertz CT molecular complexity index is 383.